The molecule has 0 bridgehead atoms. The molecule has 2 heteroatoms. The first kappa shape index (κ1) is 12.0. The minimum atomic E-state index is 0.345. The fourth-order valence-corrected chi connectivity index (χ4v) is 1.76. The van der Waals surface area contributed by atoms with Crippen LogP contribution in [0.2, 0.25) is 0 Å². The highest BCUT2D eigenvalue weighted by atomic mass is 16.1. The fourth-order valence-electron chi connectivity index (χ4n) is 1.76. The Kier molecular flexibility index (Phi) is 5.16. The molecule has 0 aromatic carbocycles. The molecular formula is C13H21NO. The van der Waals surface area contributed by atoms with Crippen LogP contribution in [0.3, 0.4) is 0 Å². The Labute approximate surface area is 92.7 Å². The van der Waals surface area contributed by atoms with E-state index in [1.807, 2.05) is 37.3 Å². The zero-order valence-electron chi connectivity index (χ0n) is 9.83. The lowest BCUT2D eigenvalue weighted by Crippen LogP contribution is -2.05. The SMILES string of the molecule is CN(C)C=CC=C1CCCCCCC1=O. The summed E-state index contributed by atoms with van der Waals surface area (Å²) in [5, 5.41) is 0. The molecule has 1 rings (SSSR count). The molecule has 0 saturated heterocycles. The van der Waals surface area contributed by atoms with E-state index in [0.29, 0.717) is 5.78 Å². The molecule has 1 fully saturated rings. The number of Topliss-reactive ketones (excluding diaryl/α,β-unsaturated/α-hetero) is 1. The summed E-state index contributed by atoms with van der Waals surface area (Å²) < 4.78 is 0. The highest BCUT2D eigenvalue weighted by Crippen LogP contribution is 2.18. The Bertz CT molecular complexity index is 264. The number of allylic oxidation sites excluding steroid dienone is 3. The van der Waals surface area contributed by atoms with Crippen LogP contribution in [-0.2, 0) is 4.79 Å². The molecule has 0 aromatic rings. The molecule has 0 N–H and O–H groups in total. The van der Waals surface area contributed by atoms with E-state index < -0.39 is 0 Å². The summed E-state index contributed by atoms with van der Waals surface area (Å²) in [6, 6.07) is 0. The third-order valence-corrected chi connectivity index (χ3v) is 2.64. The van der Waals surface area contributed by atoms with Gasteiger partial charge >= 0.3 is 0 Å². The third kappa shape index (κ3) is 4.82. The predicted molar refractivity (Wildman–Crippen MR) is 63.6 cm³/mol. The van der Waals surface area contributed by atoms with Crippen molar-refractivity contribution < 1.29 is 4.79 Å². The molecular weight excluding hydrogens is 186 g/mol. The number of hydrogen-bond donors (Lipinski definition) is 0. The Hall–Kier alpha value is -1.05. The lowest BCUT2D eigenvalue weighted by molar-refractivity contribution is -0.116. The topological polar surface area (TPSA) is 20.3 Å². The molecule has 1 aliphatic carbocycles. The molecule has 1 aliphatic rings. The van der Waals surface area contributed by atoms with Crippen LogP contribution in [-0.4, -0.2) is 24.8 Å². The summed E-state index contributed by atoms with van der Waals surface area (Å²) >= 11 is 0. The van der Waals surface area contributed by atoms with Gasteiger partial charge < -0.3 is 4.90 Å². The number of carbonyl (C=O) groups is 1. The van der Waals surface area contributed by atoms with Gasteiger partial charge in [-0.3, -0.25) is 4.79 Å². The Morgan fingerprint density at radius 3 is 2.40 bits per heavy atom. The van der Waals surface area contributed by atoms with Crippen LogP contribution in [0.15, 0.2) is 23.9 Å². The van der Waals surface area contributed by atoms with E-state index in [-0.39, 0.29) is 0 Å². The quantitative estimate of drug-likeness (QED) is 0.649. The largest absolute Gasteiger partial charge is 0.383 e. The van der Waals surface area contributed by atoms with E-state index in [1.54, 1.807) is 0 Å². The molecule has 0 heterocycles. The van der Waals surface area contributed by atoms with Crippen LogP contribution in [0.5, 0.6) is 0 Å². The van der Waals surface area contributed by atoms with Crippen LogP contribution in [0.25, 0.3) is 0 Å². The monoisotopic (exact) mass is 207 g/mol. The van der Waals surface area contributed by atoms with E-state index in [9.17, 15) is 4.79 Å². The molecule has 15 heavy (non-hydrogen) atoms. The van der Waals surface area contributed by atoms with Crippen molar-refractivity contribution in [2.45, 2.75) is 38.5 Å². The second-order valence-corrected chi connectivity index (χ2v) is 4.33. The van der Waals surface area contributed by atoms with Crippen LogP contribution in [0, 0.1) is 0 Å². The minimum absolute atomic E-state index is 0.345. The van der Waals surface area contributed by atoms with Crippen molar-refractivity contribution in [1.29, 1.82) is 0 Å². The van der Waals surface area contributed by atoms with Crippen molar-refractivity contribution in [3.05, 3.63) is 23.9 Å². The van der Waals surface area contributed by atoms with E-state index >= 15 is 0 Å². The summed E-state index contributed by atoms with van der Waals surface area (Å²) in [7, 11) is 3.96. The number of rotatable bonds is 2. The number of carbonyl (C=O) groups excluding carboxylic acids is 1. The van der Waals surface area contributed by atoms with Gasteiger partial charge in [0, 0.05) is 20.5 Å². The van der Waals surface area contributed by atoms with Gasteiger partial charge in [0.1, 0.15) is 0 Å². The van der Waals surface area contributed by atoms with Gasteiger partial charge in [-0.1, -0.05) is 18.9 Å². The first-order valence-corrected chi connectivity index (χ1v) is 5.77. The van der Waals surface area contributed by atoms with Crippen LogP contribution < -0.4 is 0 Å². The molecule has 84 valence electrons. The zero-order chi connectivity index (χ0) is 11.1. The molecule has 0 aliphatic heterocycles. The van der Waals surface area contributed by atoms with Gasteiger partial charge in [0.05, 0.1) is 0 Å². The van der Waals surface area contributed by atoms with E-state index in [4.69, 9.17) is 0 Å². The molecule has 2 nitrogen and oxygen atoms in total. The normalized spacial score (nSPS) is 21.7. The Morgan fingerprint density at radius 1 is 1.07 bits per heavy atom. The molecule has 0 radical (unpaired) electrons. The molecule has 1 saturated carbocycles. The maximum absolute atomic E-state index is 11.7. The molecule has 0 aromatic heterocycles. The summed E-state index contributed by atoms with van der Waals surface area (Å²) in [5.41, 5.74) is 1.01. The van der Waals surface area contributed by atoms with Gasteiger partial charge in [0.15, 0.2) is 5.78 Å². The summed E-state index contributed by atoms with van der Waals surface area (Å²) in [6.07, 6.45) is 12.3. The highest BCUT2D eigenvalue weighted by molar-refractivity contribution is 5.95. The van der Waals surface area contributed by atoms with Crippen LogP contribution >= 0.6 is 0 Å². The standard InChI is InChI=1S/C13H21NO/c1-14(2)11-7-9-12-8-5-3-4-6-10-13(12)15/h7,9,11H,3-6,8,10H2,1-2H3. The van der Waals surface area contributed by atoms with Gasteiger partial charge in [0.25, 0.3) is 0 Å². The lowest BCUT2D eigenvalue weighted by atomic mass is 9.95. The minimum Gasteiger partial charge on any atom is -0.383 e. The van der Waals surface area contributed by atoms with Crippen LogP contribution in [0.1, 0.15) is 38.5 Å². The first-order valence-electron chi connectivity index (χ1n) is 5.77. The van der Waals surface area contributed by atoms with Crippen molar-refractivity contribution in [3.63, 3.8) is 0 Å². The molecule has 0 amide bonds. The second-order valence-electron chi connectivity index (χ2n) is 4.33. The second kappa shape index (κ2) is 6.44. The molecule has 0 atom stereocenters. The van der Waals surface area contributed by atoms with Crippen LogP contribution in [0.4, 0.5) is 0 Å². The van der Waals surface area contributed by atoms with Gasteiger partial charge in [-0.05, 0) is 37.1 Å². The molecule has 0 unspecified atom stereocenters. The van der Waals surface area contributed by atoms with Crippen molar-refractivity contribution in [3.8, 4) is 0 Å². The van der Waals surface area contributed by atoms with Gasteiger partial charge in [-0.2, -0.15) is 0 Å². The lowest BCUT2D eigenvalue weighted by Gasteiger charge is -2.10. The molecule has 0 spiro atoms. The summed E-state index contributed by atoms with van der Waals surface area (Å²) in [5.74, 6) is 0.345. The number of nitrogens with zero attached hydrogens (tertiary/aromatic N) is 1. The van der Waals surface area contributed by atoms with Gasteiger partial charge in [-0.25, -0.2) is 0 Å². The van der Waals surface area contributed by atoms with Crippen molar-refractivity contribution >= 4 is 5.78 Å². The van der Waals surface area contributed by atoms with Gasteiger partial charge in [0.2, 0.25) is 0 Å². The van der Waals surface area contributed by atoms with Crippen molar-refractivity contribution in [2.75, 3.05) is 14.1 Å². The summed E-state index contributed by atoms with van der Waals surface area (Å²) in [6.45, 7) is 0. The fraction of sp³-hybridized carbons (Fsp3) is 0.615. The summed E-state index contributed by atoms with van der Waals surface area (Å²) in [4.78, 5) is 13.7. The first-order chi connectivity index (χ1) is 7.20. The number of hydrogen-bond acceptors (Lipinski definition) is 2. The van der Waals surface area contributed by atoms with Crippen molar-refractivity contribution in [1.82, 2.24) is 4.90 Å². The Morgan fingerprint density at radius 2 is 1.73 bits per heavy atom. The third-order valence-electron chi connectivity index (χ3n) is 2.64. The predicted octanol–water partition coefficient (Wildman–Crippen LogP) is 2.91. The van der Waals surface area contributed by atoms with Crippen molar-refractivity contribution in [2.24, 2.45) is 0 Å². The maximum atomic E-state index is 11.7. The Balaban J connectivity index is 2.58. The maximum Gasteiger partial charge on any atom is 0.158 e. The van der Waals surface area contributed by atoms with E-state index in [1.165, 1.54) is 12.8 Å². The average Bonchev–Trinajstić information content (AvgIpc) is 2.16. The zero-order valence-corrected chi connectivity index (χ0v) is 9.83. The highest BCUT2D eigenvalue weighted by Gasteiger charge is 2.10. The van der Waals surface area contributed by atoms with E-state index in [2.05, 4.69) is 0 Å². The number of ketones is 1. The van der Waals surface area contributed by atoms with Gasteiger partial charge in [-0.15, -0.1) is 0 Å². The smallest absolute Gasteiger partial charge is 0.158 e. The van der Waals surface area contributed by atoms with E-state index in [0.717, 1.165) is 31.3 Å². The average molecular weight is 207 g/mol.